The first-order chi connectivity index (χ1) is 9.78. The van der Waals surface area contributed by atoms with Gasteiger partial charge in [0.1, 0.15) is 5.76 Å². The van der Waals surface area contributed by atoms with E-state index in [1.807, 2.05) is 20.8 Å². The van der Waals surface area contributed by atoms with E-state index < -0.39 is 0 Å². The topological polar surface area (TPSA) is 83.4 Å². The summed E-state index contributed by atoms with van der Waals surface area (Å²) in [6.07, 6.45) is 1.91. The molecule has 0 saturated heterocycles. The minimum absolute atomic E-state index is 0.0295. The zero-order valence-electron chi connectivity index (χ0n) is 13.2. The molecule has 0 bridgehead atoms. The standard InChI is InChI=1S/C15H25N3O3/c1-11(14(20)17-10-12-6-5-9-21-12)16-8-7-13(19)18-15(2,3)4/h5-6,9,11,16H,7-8,10H2,1-4H3,(H,17,20)(H,18,19). The van der Waals surface area contributed by atoms with E-state index in [2.05, 4.69) is 16.0 Å². The molecule has 1 unspecified atom stereocenters. The fourth-order valence-electron chi connectivity index (χ4n) is 1.72. The Morgan fingerprint density at radius 1 is 1.33 bits per heavy atom. The van der Waals surface area contributed by atoms with Crippen molar-refractivity contribution in [2.45, 2.75) is 52.2 Å². The number of amides is 2. The highest BCUT2D eigenvalue weighted by Crippen LogP contribution is 2.00. The molecule has 2 amide bonds. The van der Waals surface area contributed by atoms with Crippen molar-refractivity contribution in [3.8, 4) is 0 Å². The van der Waals surface area contributed by atoms with E-state index in [0.29, 0.717) is 25.3 Å². The van der Waals surface area contributed by atoms with Gasteiger partial charge in [-0.3, -0.25) is 9.59 Å². The van der Waals surface area contributed by atoms with Gasteiger partial charge in [-0.05, 0) is 39.8 Å². The maximum absolute atomic E-state index is 11.8. The molecule has 0 aliphatic heterocycles. The van der Waals surface area contributed by atoms with Crippen LogP contribution in [0.3, 0.4) is 0 Å². The summed E-state index contributed by atoms with van der Waals surface area (Å²) in [6, 6.07) is 3.22. The lowest BCUT2D eigenvalue weighted by Crippen LogP contribution is -2.45. The lowest BCUT2D eigenvalue weighted by atomic mass is 10.1. The molecule has 0 aromatic carbocycles. The summed E-state index contributed by atoms with van der Waals surface area (Å²) >= 11 is 0. The van der Waals surface area contributed by atoms with Gasteiger partial charge in [0, 0.05) is 18.5 Å². The van der Waals surface area contributed by atoms with Crippen molar-refractivity contribution in [2.24, 2.45) is 0 Å². The van der Waals surface area contributed by atoms with Gasteiger partial charge in [-0.2, -0.15) is 0 Å². The summed E-state index contributed by atoms with van der Waals surface area (Å²) in [6.45, 7) is 8.38. The van der Waals surface area contributed by atoms with E-state index in [4.69, 9.17) is 4.42 Å². The average molecular weight is 295 g/mol. The number of nitrogens with one attached hydrogen (secondary N) is 3. The minimum atomic E-state index is -0.359. The second-order valence-corrected chi connectivity index (χ2v) is 6.02. The fraction of sp³-hybridized carbons (Fsp3) is 0.600. The van der Waals surface area contributed by atoms with E-state index in [1.165, 1.54) is 0 Å². The molecule has 0 aliphatic carbocycles. The molecule has 0 saturated carbocycles. The highest BCUT2D eigenvalue weighted by Gasteiger charge is 2.15. The Labute approximate surface area is 125 Å². The first-order valence-corrected chi connectivity index (χ1v) is 7.12. The van der Waals surface area contributed by atoms with Crippen molar-refractivity contribution in [3.05, 3.63) is 24.2 Å². The zero-order valence-corrected chi connectivity index (χ0v) is 13.2. The number of rotatable bonds is 7. The largest absolute Gasteiger partial charge is 0.467 e. The zero-order chi connectivity index (χ0) is 15.9. The minimum Gasteiger partial charge on any atom is -0.467 e. The van der Waals surface area contributed by atoms with Crippen LogP contribution in [0.4, 0.5) is 0 Å². The number of furan rings is 1. The molecular formula is C15H25N3O3. The van der Waals surface area contributed by atoms with Crippen LogP contribution in [-0.4, -0.2) is 29.9 Å². The quantitative estimate of drug-likeness (QED) is 0.705. The SMILES string of the molecule is CC(NCCC(=O)NC(C)(C)C)C(=O)NCc1ccco1. The Bertz CT molecular complexity index is 449. The molecule has 1 aromatic rings. The predicted octanol–water partition coefficient (Wildman–Crippen LogP) is 1.18. The summed E-state index contributed by atoms with van der Waals surface area (Å²) in [5.74, 6) is 0.556. The Morgan fingerprint density at radius 3 is 2.62 bits per heavy atom. The molecule has 0 fully saturated rings. The third kappa shape index (κ3) is 7.51. The molecule has 0 spiro atoms. The van der Waals surface area contributed by atoms with Crippen LogP contribution in [0.1, 0.15) is 39.9 Å². The molecule has 0 radical (unpaired) electrons. The van der Waals surface area contributed by atoms with E-state index >= 15 is 0 Å². The molecule has 21 heavy (non-hydrogen) atoms. The Kier molecular flexibility index (Phi) is 6.42. The van der Waals surface area contributed by atoms with E-state index in [-0.39, 0.29) is 23.4 Å². The lowest BCUT2D eigenvalue weighted by molar-refractivity contribution is -0.124. The highest BCUT2D eigenvalue weighted by atomic mass is 16.3. The van der Waals surface area contributed by atoms with Crippen LogP contribution >= 0.6 is 0 Å². The summed E-state index contributed by atoms with van der Waals surface area (Å²) < 4.78 is 5.13. The van der Waals surface area contributed by atoms with Crippen LogP contribution in [0.15, 0.2) is 22.8 Å². The lowest BCUT2D eigenvalue weighted by Gasteiger charge is -2.21. The number of hydrogen-bond acceptors (Lipinski definition) is 4. The van der Waals surface area contributed by atoms with E-state index in [1.54, 1.807) is 25.3 Å². The van der Waals surface area contributed by atoms with E-state index in [9.17, 15) is 9.59 Å². The van der Waals surface area contributed by atoms with Gasteiger partial charge < -0.3 is 20.4 Å². The molecule has 6 heteroatoms. The molecule has 0 aliphatic rings. The second kappa shape index (κ2) is 7.83. The van der Waals surface area contributed by atoms with Crippen LogP contribution < -0.4 is 16.0 Å². The van der Waals surface area contributed by atoms with Crippen molar-refractivity contribution < 1.29 is 14.0 Å². The van der Waals surface area contributed by atoms with Crippen LogP contribution in [0.2, 0.25) is 0 Å². The highest BCUT2D eigenvalue weighted by molar-refractivity contribution is 5.81. The van der Waals surface area contributed by atoms with Gasteiger partial charge in [-0.25, -0.2) is 0 Å². The molecule has 1 rings (SSSR count). The summed E-state index contributed by atoms with van der Waals surface area (Å²) in [7, 11) is 0. The van der Waals surface area contributed by atoms with Crippen LogP contribution in [0.25, 0.3) is 0 Å². The van der Waals surface area contributed by atoms with Crippen molar-refractivity contribution in [2.75, 3.05) is 6.54 Å². The molecule has 1 aromatic heterocycles. The van der Waals surface area contributed by atoms with E-state index in [0.717, 1.165) is 0 Å². The second-order valence-electron chi connectivity index (χ2n) is 6.02. The number of carbonyl (C=O) groups excluding carboxylic acids is 2. The number of carbonyl (C=O) groups is 2. The van der Waals surface area contributed by atoms with Gasteiger partial charge in [0.25, 0.3) is 0 Å². The average Bonchev–Trinajstić information content (AvgIpc) is 2.86. The molecule has 118 valence electrons. The summed E-state index contributed by atoms with van der Waals surface area (Å²) in [5.41, 5.74) is -0.233. The molecule has 3 N–H and O–H groups in total. The normalized spacial score (nSPS) is 12.8. The summed E-state index contributed by atoms with van der Waals surface area (Å²) in [5, 5.41) is 8.67. The van der Waals surface area contributed by atoms with Crippen molar-refractivity contribution >= 4 is 11.8 Å². The fourth-order valence-corrected chi connectivity index (χ4v) is 1.72. The Hall–Kier alpha value is -1.82. The molecular weight excluding hydrogens is 270 g/mol. The van der Waals surface area contributed by atoms with Crippen molar-refractivity contribution in [3.63, 3.8) is 0 Å². The molecule has 6 nitrogen and oxygen atoms in total. The first-order valence-electron chi connectivity index (χ1n) is 7.12. The monoisotopic (exact) mass is 295 g/mol. The van der Waals surface area contributed by atoms with Crippen molar-refractivity contribution in [1.29, 1.82) is 0 Å². The van der Waals surface area contributed by atoms with Gasteiger partial charge in [-0.1, -0.05) is 0 Å². The van der Waals surface area contributed by atoms with Crippen LogP contribution in [-0.2, 0) is 16.1 Å². The Balaban J connectivity index is 2.19. The van der Waals surface area contributed by atoms with Crippen LogP contribution in [0, 0.1) is 0 Å². The van der Waals surface area contributed by atoms with Crippen LogP contribution in [0.5, 0.6) is 0 Å². The Morgan fingerprint density at radius 2 is 2.05 bits per heavy atom. The van der Waals surface area contributed by atoms with Gasteiger partial charge in [0.2, 0.25) is 11.8 Å². The van der Waals surface area contributed by atoms with Gasteiger partial charge in [-0.15, -0.1) is 0 Å². The maximum atomic E-state index is 11.8. The first kappa shape index (κ1) is 17.2. The maximum Gasteiger partial charge on any atom is 0.237 e. The number of hydrogen-bond donors (Lipinski definition) is 3. The van der Waals surface area contributed by atoms with Gasteiger partial charge in [0.05, 0.1) is 18.8 Å². The van der Waals surface area contributed by atoms with Gasteiger partial charge >= 0.3 is 0 Å². The third-order valence-electron chi connectivity index (χ3n) is 2.73. The molecule has 1 atom stereocenters. The summed E-state index contributed by atoms with van der Waals surface area (Å²) in [4.78, 5) is 23.5. The third-order valence-corrected chi connectivity index (χ3v) is 2.73. The molecule has 1 heterocycles. The smallest absolute Gasteiger partial charge is 0.237 e. The van der Waals surface area contributed by atoms with Crippen molar-refractivity contribution in [1.82, 2.24) is 16.0 Å². The predicted molar refractivity (Wildman–Crippen MR) is 80.5 cm³/mol. The van der Waals surface area contributed by atoms with Gasteiger partial charge in [0.15, 0.2) is 0 Å².